The number of hydrogen-bond donors (Lipinski definition) is 0. The maximum Gasteiger partial charge on any atom is -0.0130 e. The molecule has 2 atom stereocenters. The molecule has 0 aromatic heterocycles. The molecule has 2 rings (SSSR count). The van der Waals surface area contributed by atoms with E-state index in [0.717, 1.165) is 0 Å². The van der Waals surface area contributed by atoms with E-state index in [9.17, 15) is 0 Å². The van der Waals surface area contributed by atoms with Crippen molar-refractivity contribution in [2.45, 2.75) is 26.2 Å². The SMILES string of the molecule is [CH2]C(c1cccc2ccccc12)C(C)CC. The summed E-state index contributed by atoms with van der Waals surface area (Å²) in [7, 11) is 0. The van der Waals surface area contributed by atoms with Crippen molar-refractivity contribution < 1.29 is 0 Å². The third-order valence-electron chi connectivity index (χ3n) is 3.55. The molecule has 0 N–H and O–H groups in total. The van der Waals surface area contributed by atoms with Crippen LogP contribution in [0.2, 0.25) is 0 Å². The summed E-state index contributed by atoms with van der Waals surface area (Å²) in [5.41, 5.74) is 1.38. The zero-order valence-corrected chi connectivity index (χ0v) is 10.1. The lowest BCUT2D eigenvalue weighted by molar-refractivity contribution is 0.507. The fourth-order valence-electron chi connectivity index (χ4n) is 2.16. The van der Waals surface area contributed by atoms with Crippen molar-refractivity contribution in [3.05, 3.63) is 55.0 Å². The second-order valence-electron chi connectivity index (χ2n) is 4.56. The van der Waals surface area contributed by atoms with Gasteiger partial charge in [0.1, 0.15) is 0 Å². The molecule has 2 unspecified atom stereocenters. The minimum atomic E-state index is 0.385. The summed E-state index contributed by atoms with van der Waals surface area (Å²) < 4.78 is 0. The van der Waals surface area contributed by atoms with Gasteiger partial charge in [-0.3, -0.25) is 0 Å². The van der Waals surface area contributed by atoms with Crippen LogP contribution in [0.5, 0.6) is 0 Å². The molecule has 2 aromatic carbocycles. The largest absolute Gasteiger partial charge is 0.0651 e. The molecule has 0 amide bonds. The van der Waals surface area contributed by atoms with E-state index in [-0.39, 0.29) is 0 Å². The highest BCUT2D eigenvalue weighted by Gasteiger charge is 2.14. The van der Waals surface area contributed by atoms with Crippen LogP contribution in [-0.2, 0) is 0 Å². The van der Waals surface area contributed by atoms with Crippen LogP contribution in [0.1, 0.15) is 31.7 Å². The Morgan fingerprint density at radius 3 is 2.50 bits per heavy atom. The van der Waals surface area contributed by atoms with E-state index >= 15 is 0 Å². The predicted molar refractivity (Wildman–Crippen MR) is 71.5 cm³/mol. The summed E-state index contributed by atoms with van der Waals surface area (Å²) in [5, 5.41) is 2.67. The number of fused-ring (bicyclic) bond motifs is 1. The topological polar surface area (TPSA) is 0 Å². The smallest absolute Gasteiger partial charge is 0.0130 e. The molecule has 1 radical (unpaired) electrons. The summed E-state index contributed by atoms with van der Waals surface area (Å²) in [6, 6.07) is 15.1. The highest BCUT2D eigenvalue weighted by atomic mass is 14.2. The van der Waals surface area contributed by atoms with E-state index in [1.807, 2.05) is 0 Å². The first-order valence-corrected chi connectivity index (χ1v) is 6.04. The van der Waals surface area contributed by atoms with E-state index in [2.05, 4.69) is 63.2 Å². The van der Waals surface area contributed by atoms with Crippen molar-refractivity contribution in [2.24, 2.45) is 5.92 Å². The molecular formula is C16H19. The lowest BCUT2D eigenvalue weighted by Gasteiger charge is -2.20. The van der Waals surface area contributed by atoms with Crippen LogP contribution < -0.4 is 0 Å². The minimum Gasteiger partial charge on any atom is -0.0651 e. The first-order chi connectivity index (χ1) is 7.74. The standard InChI is InChI=1S/C16H19/c1-4-12(2)13(3)15-11-7-9-14-8-5-6-10-16(14)15/h5-13H,3-4H2,1-2H3. The van der Waals surface area contributed by atoms with Crippen LogP contribution >= 0.6 is 0 Å². The zero-order chi connectivity index (χ0) is 11.5. The fraction of sp³-hybridized carbons (Fsp3) is 0.312. The van der Waals surface area contributed by atoms with Crippen LogP contribution in [0.3, 0.4) is 0 Å². The average molecular weight is 211 g/mol. The second-order valence-corrected chi connectivity index (χ2v) is 4.56. The molecule has 0 saturated carbocycles. The van der Waals surface area contributed by atoms with Gasteiger partial charge in [0.15, 0.2) is 0 Å². The first-order valence-electron chi connectivity index (χ1n) is 6.04. The van der Waals surface area contributed by atoms with Gasteiger partial charge in [0.2, 0.25) is 0 Å². The Morgan fingerprint density at radius 2 is 1.75 bits per heavy atom. The van der Waals surface area contributed by atoms with Crippen molar-refractivity contribution in [3.8, 4) is 0 Å². The molecule has 0 bridgehead atoms. The van der Waals surface area contributed by atoms with Gasteiger partial charge in [-0.15, -0.1) is 0 Å². The van der Waals surface area contributed by atoms with Crippen molar-refractivity contribution in [2.75, 3.05) is 0 Å². The van der Waals surface area contributed by atoms with Crippen LogP contribution in [0, 0.1) is 12.8 Å². The summed E-state index contributed by atoms with van der Waals surface area (Å²) in [4.78, 5) is 0. The van der Waals surface area contributed by atoms with Gasteiger partial charge in [0.05, 0.1) is 0 Å². The van der Waals surface area contributed by atoms with Gasteiger partial charge in [-0.25, -0.2) is 0 Å². The van der Waals surface area contributed by atoms with Gasteiger partial charge in [0, 0.05) is 0 Å². The molecule has 0 heterocycles. The van der Waals surface area contributed by atoms with Gasteiger partial charge < -0.3 is 0 Å². The third kappa shape index (κ3) is 1.97. The molecule has 16 heavy (non-hydrogen) atoms. The Labute approximate surface area is 98.3 Å². The highest BCUT2D eigenvalue weighted by Crippen LogP contribution is 2.31. The average Bonchev–Trinajstić information content (AvgIpc) is 2.36. The van der Waals surface area contributed by atoms with Crippen LogP contribution in [-0.4, -0.2) is 0 Å². The lowest BCUT2D eigenvalue weighted by atomic mass is 9.85. The molecule has 0 heteroatoms. The third-order valence-corrected chi connectivity index (χ3v) is 3.55. The Balaban J connectivity index is 2.52. The van der Waals surface area contributed by atoms with E-state index < -0.39 is 0 Å². The van der Waals surface area contributed by atoms with E-state index in [1.54, 1.807) is 0 Å². The molecule has 0 nitrogen and oxygen atoms in total. The van der Waals surface area contributed by atoms with Crippen molar-refractivity contribution >= 4 is 10.8 Å². The van der Waals surface area contributed by atoms with Gasteiger partial charge >= 0.3 is 0 Å². The van der Waals surface area contributed by atoms with Crippen molar-refractivity contribution in [3.63, 3.8) is 0 Å². The van der Waals surface area contributed by atoms with Crippen molar-refractivity contribution in [1.29, 1.82) is 0 Å². The number of rotatable bonds is 3. The van der Waals surface area contributed by atoms with Gasteiger partial charge in [-0.1, -0.05) is 62.7 Å². The summed E-state index contributed by atoms with van der Waals surface area (Å²) >= 11 is 0. The summed E-state index contributed by atoms with van der Waals surface area (Å²) in [6.07, 6.45) is 1.18. The Bertz CT molecular complexity index is 465. The Kier molecular flexibility index (Phi) is 3.28. The van der Waals surface area contributed by atoms with Gasteiger partial charge in [-0.2, -0.15) is 0 Å². The van der Waals surface area contributed by atoms with Crippen LogP contribution in [0.25, 0.3) is 10.8 Å². The van der Waals surface area contributed by atoms with Gasteiger partial charge in [-0.05, 0) is 35.1 Å². The molecule has 83 valence electrons. The number of hydrogen-bond acceptors (Lipinski definition) is 0. The molecule has 0 aliphatic carbocycles. The van der Waals surface area contributed by atoms with E-state index in [1.165, 1.54) is 22.8 Å². The van der Waals surface area contributed by atoms with Crippen molar-refractivity contribution in [1.82, 2.24) is 0 Å². The number of benzene rings is 2. The fourth-order valence-corrected chi connectivity index (χ4v) is 2.16. The monoisotopic (exact) mass is 211 g/mol. The Morgan fingerprint density at radius 1 is 1.06 bits per heavy atom. The quantitative estimate of drug-likeness (QED) is 0.684. The molecule has 0 aliphatic rings. The molecule has 0 saturated heterocycles. The maximum absolute atomic E-state index is 4.33. The molecular weight excluding hydrogens is 192 g/mol. The molecule has 0 fully saturated rings. The predicted octanol–water partition coefficient (Wildman–Crippen LogP) is 4.80. The summed E-state index contributed by atoms with van der Waals surface area (Å²) in [6.45, 7) is 8.84. The molecule has 0 aliphatic heterocycles. The maximum atomic E-state index is 4.33. The van der Waals surface area contributed by atoms with Crippen LogP contribution in [0.4, 0.5) is 0 Å². The van der Waals surface area contributed by atoms with E-state index in [0.29, 0.717) is 11.8 Å². The summed E-state index contributed by atoms with van der Waals surface area (Å²) in [5.74, 6) is 1.02. The zero-order valence-electron chi connectivity index (χ0n) is 10.1. The molecule has 0 spiro atoms. The highest BCUT2D eigenvalue weighted by molar-refractivity contribution is 5.86. The lowest BCUT2D eigenvalue weighted by Crippen LogP contribution is -2.05. The first kappa shape index (κ1) is 11.2. The Hall–Kier alpha value is -1.30. The minimum absolute atomic E-state index is 0.385. The van der Waals surface area contributed by atoms with E-state index in [4.69, 9.17) is 0 Å². The normalized spacial score (nSPS) is 14.9. The van der Waals surface area contributed by atoms with Crippen LogP contribution in [0.15, 0.2) is 42.5 Å². The molecule has 2 aromatic rings. The van der Waals surface area contributed by atoms with Gasteiger partial charge in [0.25, 0.3) is 0 Å². The second kappa shape index (κ2) is 4.69.